The van der Waals surface area contributed by atoms with E-state index in [0.717, 1.165) is 11.1 Å². The van der Waals surface area contributed by atoms with Crippen molar-refractivity contribution in [2.75, 3.05) is 13.2 Å². The van der Waals surface area contributed by atoms with Gasteiger partial charge in [0.1, 0.15) is 5.75 Å². The number of hydrogen-bond donors (Lipinski definition) is 1. The normalized spacial score (nSPS) is 11.6. The number of carbonyl (C=O) groups excluding carboxylic acids is 3. The Kier molecular flexibility index (Phi) is 8.59. The van der Waals surface area contributed by atoms with Gasteiger partial charge in [0, 0.05) is 0 Å². The van der Waals surface area contributed by atoms with Gasteiger partial charge in [0.05, 0.1) is 6.04 Å². The van der Waals surface area contributed by atoms with Gasteiger partial charge in [-0.25, -0.2) is 4.79 Å². The molecule has 0 aliphatic carbocycles. The third kappa shape index (κ3) is 7.35. The van der Waals surface area contributed by atoms with Crippen LogP contribution in [0.5, 0.6) is 5.75 Å². The van der Waals surface area contributed by atoms with Gasteiger partial charge in [-0.2, -0.15) is 0 Å². The quantitative estimate of drug-likeness (QED) is 0.607. The number of carbonyl (C=O) groups is 3. The molecule has 0 bridgehead atoms. The molecule has 1 amide bonds. The van der Waals surface area contributed by atoms with Crippen molar-refractivity contribution in [3.8, 4) is 5.75 Å². The molecule has 0 saturated carbocycles. The molecule has 0 unspecified atom stereocenters. The molecule has 160 valence electrons. The second-order valence-electron chi connectivity index (χ2n) is 7.54. The molecule has 2 aromatic rings. The Morgan fingerprint density at radius 3 is 2.30 bits per heavy atom. The van der Waals surface area contributed by atoms with E-state index in [1.807, 2.05) is 55.5 Å². The van der Waals surface area contributed by atoms with Crippen molar-refractivity contribution in [3.63, 3.8) is 0 Å². The second-order valence-corrected chi connectivity index (χ2v) is 7.54. The Labute approximate surface area is 177 Å². The van der Waals surface area contributed by atoms with Gasteiger partial charge in [-0.15, -0.1) is 0 Å². The Bertz CT molecular complexity index is 876. The van der Waals surface area contributed by atoms with Gasteiger partial charge >= 0.3 is 5.97 Å². The third-order valence-electron chi connectivity index (χ3n) is 4.69. The number of rotatable bonds is 10. The van der Waals surface area contributed by atoms with E-state index < -0.39 is 24.5 Å². The summed E-state index contributed by atoms with van der Waals surface area (Å²) in [5.41, 5.74) is 3.24. The Hall–Kier alpha value is -3.15. The number of ether oxygens (including phenoxy) is 2. The molecule has 0 aliphatic rings. The molecule has 1 atom stereocenters. The lowest BCUT2D eigenvalue weighted by Crippen LogP contribution is -2.43. The molecule has 0 saturated heterocycles. The highest BCUT2D eigenvalue weighted by Crippen LogP contribution is 2.23. The molecule has 0 aromatic heterocycles. The predicted octanol–water partition coefficient (Wildman–Crippen LogP) is 3.36. The fraction of sp³-hybridized carbons (Fsp3) is 0.375. The van der Waals surface area contributed by atoms with Crippen LogP contribution in [0.3, 0.4) is 0 Å². The van der Waals surface area contributed by atoms with Gasteiger partial charge in [-0.1, -0.05) is 50.2 Å². The van der Waals surface area contributed by atoms with Gasteiger partial charge < -0.3 is 14.8 Å². The average Bonchev–Trinajstić information content (AvgIpc) is 2.70. The highest BCUT2D eigenvalue weighted by Gasteiger charge is 2.18. The summed E-state index contributed by atoms with van der Waals surface area (Å²) in [6.07, 6.45) is 0.380. The van der Waals surface area contributed by atoms with E-state index in [4.69, 9.17) is 9.47 Å². The number of esters is 1. The number of aryl methyl sites for hydroxylation is 1. The van der Waals surface area contributed by atoms with E-state index in [2.05, 4.69) is 19.2 Å². The van der Waals surface area contributed by atoms with Crippen LogP contribution in [0.15, 0.2) is 48.5 Å². The van der Waals surface area contributed by atoms with Crippen LogP contribution >= 0.6 is 0 Å². The minimum atomic E-state index is -0.669. The number of ketones is 1. The van der Waals surface area contributed by atoms with Crippen LogP contribution in [0.2, 0.25) is 0 Å². The van der Waals surface area contributed by atoms with Gasteiger partial charge in [-0.05, 0) is 55.0 Å². The van der Waals surface area contributed by atoms with Gasteiger partial charge in [0.15, 0.2) is 19.0 Å². The Balaban J connectivity index is 1.78. The molecular formula is C24H29NO5. The molecule has 0 radical (unpaired) electrons. The van der Waals surface area contributed by atoms with Crippen LogP contribution in [-0.4, -0.2) is 36.9 Å². The average molecular weight is 411 g/mol. The van der Waals surface area contributed by atoms with Crippen molar-refractivity contribution >= 4 is 17.7 Å². The second kappa shape index (κ2) is 11.1. The number of Topliss-reactive ketones (excluding diaryl/α,β-unsaturated/α-hetero) is 1. The summed E-state index contributed by atoms with van der Waals surface area (Å²) < 4.78 is 10.4. The molecule has 6 heteroatoms. The molecule has 30 heavy (non-hydrogen) atoms. The lowest BCUT2D eigenvalue weighted by atomic mass is 9.98. The standard InChI is InChI=1S/C24H29NO5/c1-16(2)21-11-10-20(12-17(21)3)29-15-24(28)30-14-23(27)25-22(18(4)26)13-19-8-6-5-7-9-19/h5-12,16,22H,13-15H2,1-4H3,(H,25,27)/t22-/m0/s1. The molecule has 0 fully saturated rings. The van der Waals surface area contributed by atoms with Gasteiger partial charge in [0.2, 0.25) is 0 Å². The lowest BCUT2D eigenvalue weighted by molar-refractivity contribution is -0.150. The summed E-state index contributed by atoms with van der Waals surface area (Å²) in [6, 6.07) is 14.4. The van der Waals surface area contributed by atoms with Crippen molar-refractivity contribution in [1.29, 1.82) is 0 Å². The van der Waals surface area contributed by atoms with Crippen molar-refractivity contribution in [1.82, 2.24) is 5.32 Å². The zero-order valence-corrected chi connectivity index (χ0v) is 17.9. The first-order valence-corrected chi connectivity index (χ1v) is 9.99. The third-order valence-corrected chi connectivity index (χ3v) is 4.69. The predicted molar refractivity (Wildman–Crippen MR) is 114 cm³/mol. The minimum Gasteiger partial charge on any atom is -0.482 e. The Morgan fingerprint density at radius 2 is 1.70 bits per heavy atom. The maximum Gasteiger partial charge on any atom is 0.344 e. The highest BCUT2D eigenvalue weighted by molar-refractivity contribution is 5.88. The van der Waals surface area contributed by atoms with Gasteiger partial charge in [-0.3, -0.25) is 9.59 Å². The molecule has 0 heterocycles. The van der Waals surface area contributed by atoms with Gasteiger partial charge in [0.25, 0.3) is 5.91 Å². The van der Waals surface area contributed by atoms with Crippen molar-refractivity contribution in [3.05, 3.63) is 65.2 Å². The monoisotopic (exact) mass is 411 g/mol. The first-order valence-electron chi connectivity index (χ1n) is 9.99. The molecule has 6 nitrogen and oxygen atoms in total. The molecule has 0 aliphatic heterocycles. The molecule has 1 N–H and O–H groups in total. The highest BCUT2D eigenvalue weighted by atomic mass is 16.6. The van der Waals surface area contributed by atoms with Crippen LogP contribution in [0, 0.1) is 6.92 Å². The fourth-order valence-electron chi connectivity index (χ4n) is 3.10. The number of amides is 1. The molecular weight excluding hydrogens is 382 g/mol. The van der Waals surface area contributed by atoms with E-state index in [-0.39, 0.29) is 12.4 Å². The zero-order chi connectivity index (χ0) is 22.1. The molecule has 0 spiro atoms. The van der Waals surface area contributed by atoms with Crippen LogP contribution in [0.1, 0.15) is 43.4 Å². The van der Waals surface area contributed by atoms with E-state index in [1.165, 1.54) is 12.5 Å². The van der Waals surface area contributed by atoms with E-state index in [1.54, 1.807) is 0 Å². The summed E-state index contributed by atoms with van der Waals surface area (Å²) in [5.74, 6) is -0.377. The summed E-state index contributed by atoms with van der Waals surface area (Å²) >= 11 is 0. The van der Waals surface area contributed by atoms with Crippen molar-refractivity contribution < 1.29 is 23.9 Å². The first-order chi connectivity index (χ1) is 14.3. The minimum absolute atomic E-state index is 0.165. The number of hydrogen-bond acceptors (Lipinski definition) is 5. The smallest absolute Gasteiger partial charge is 0.344 e. The lowest BCUT2D eigenvalue weighted by Gasteiger charge is -2.16. The first kappa shape index (κ1) is 23.1. The Morgan fingerprint density at radius 1 is 1.00 bits per heavy atom. The van der Waals surface area contributed by atoms with E-state index in [9.17, 15) is 14.4 Å². The summed E-state index contributed by atoms with van der Waals surface area (Å²) in [4.78, 5) is 35.8. The van der Waals surface area contributed by atoms with Crippen LogP contribution < -0.4 is 10.1 Å². The summed E-state index contributed by atoms with van der Waals surface area (Å²) in [6.45, 7) is 6.87. The van der Waals surface area contributed by atoms with Crippen LogP contribution in [-0.2, 0) is 25.5 Å². The van der Waals surface area contributed by atoms with E-state index >= 15 is 0 Å². The number of benzene rings is 2. The fourth-order valence-corrected chi connectivity index (χ4v) is 3.10. The van der Waals surface area contributed by atoms with Crippen LogP contribution in [0.25, 0.3) is 0 Å². The summed E-state index contributed by atoms with van der Waals surface area (Å²) in [5, 5.41) is 2.61. The number of nitrogens with one attached hydrogen (secondary N) is 1. The zero-order valence-electron chi connectivity index (χ0n) is 17.9. The molecule has 2 rings (SSSR count). The maximum absolute atomic E-state index is 12.1. The molecule has 2 aromatic carbocycles. The topological polar surface area (TPSA) is 81.7 Å². The van der Waals surface area contributed by atoms with E-state index in [0.29, 0.717) is 18.1 Å². The SMILES string of the molecule is CC(=O)[C@H](Cc1ccccc1)NC(=O)COC(=O)COc1ccc(C(C)C)c(C)c1. The van der Waals surface area contributed by atoms with Crippen molar-refractivity contribution in [2.45, 2.75) is 46.1 Å². The van der Waals surface area contributed by atoms with Crippen molar-refractivity contribution in [2.24, 2.45) is 0 Å². The van der Waals surface area contributed by atoms with Crippen LogP contribution in [0.4, 0.5) is 0 Å². The maximum atomic E-state index is 12.1. The largest absolute Gasteiger partial charge is 0.482 e. The summed E-state index contributed by atoms with van der Waals surface area (Å²) in [7, 11) is 0.